The van der Waals surface area contributed by atoms with Crippen LogP contribution in [-0.2, 0) is 9.53 Å². The maximum absolute atomic E-state index is 12.8. The van der Waals surface area contributed by atoms with Gasteiger partial charge in [0.15, 0.2) is 5.69 Å². The van der Waals surface area contributed by atoms with Gasteiger partial charge in [-0.15, -0.1) is 0 Å². The number of esters is 1. The number of non-ortho nitro benzene ring substituents is 1. The Kier molecular flexibility index (Phi) is 6.33. The predicted octanol–water partition coefficient (Wildman–Crippen LogP) is 2.35. The lowest BCUT2D eigenvalue weighted by Crippen LogP contribution is -2.42. The van der Waals surface area contributed by atoms with E-state index in [4.69, 9.17) is 0 Å². The minimum atomic E-state index is -4.73. The van der Waals surface area contributed by atoms with Gasteiger partial charge in [0.25, 0.3) is 11.6 Å². The predicted molar refractivity (Wildman–Crippen MR) is 88.8 cm³/mol. The molecule has 0 saturated heterocycles. The van der Waals surface area contributed by atoms with E-state index in [0.717, 1.165) is 10.7 Å². The molecule has 1 heterocycles. The monoisotopic (exact) mass is 400 g/mol. The van der Waals surface area contributed by atoms with Crippen molar-refractivity contribution in [2.75, 3.05) is 19.7 Å². The van der Waals surface area contributed by atoms with Crippen LogP contribution in [0.3, 0.4) is 0 Å². The number of nitro benzene ring substituents is 1. The van der Waals surface area contributed by atoms with Crippen molar-refractivity contribution in [2.45, 2.75) is 13.1 Å². The van der Waals surface area contributed by atoms with E-state index in [2.05, 4.69) is 9.84 Å². The number of amides is 1. The fourth-order valence-corrected chi connectivity index (χ4v) is 2.27. The molecule has 1 amide bonds. The maximum Gasteiger partial charge on any atom is 0.406 e. The first kappa shape index (κ1) is 20.9. The second kappa shape index (κ2) is 8.50. The summed E-state index contributed by atoms with van der Waals surface area (Å²) in [6.45, 7) is -1.12. The number of aromatic nitrogens is 2. The lowest BCUT2D eigenvalue weighted by Gasteiger charge is -2.22. The summed E-state index contributed by atoms with van der Waals surface area (Å²) in [5, 5.41) is 14.7. The molecule has 0 aliphatic heterocycles. The average molecular weight is 400 g/mol. The lowest BCUT2D eigenvalue weighted by atomic mass is 10.3. The van der Waals surface area contributed by atoms with Crippen LogP contribution in [0, 0.1) is 10.1 Å². The maximum atomic E-state index is 12.8. The van der Waals surface area contributed by atoms with Gasteiger partial charge in [-0.3, -0.25) is 19.7 Å². The second-order valence-electron chi connectivity index (χ2n) is 5.50. The highest BCUT2D eigenvalue weighted by Crippen LogP contribution is 2.19. The molecule has 12 heteroatoms. The number of alkyl halides is 3. The number of hydrogen-bond acceptors (Lipinski definition) is 6. The molecule has 0 radical (unpaired) electrons. The Labute approximate surface area is 156 Å². The Morgan fingerprint density at radius 3 is 2.64 bits per heavy atom. The summed E-state index contributed by atoms with van der Waals surface area (Å²) in [5.74, 6) is -2.12. The lowest BCUT2D eigenvalue weighted by molar-refractivity contribution is -0.384. The van der Waals surface area contributed by atoms with Crippen LogP contribution in [-0.4, -0.2) is 57.4 Å². The van der Waals surface area contributed by atoms with E-state index >= 15 is 0 Å². The van der Waals surface area contributed by atoms with Crippen molar-refractivity contribution in [1.29, 1.82) is 0 Å². The third-order valence-corrected chi connectivity index (χ3v) is 3.40. The summed E-state index contributed by atoms with van der Waals surface area (Å²) >= 11 is 0. The summed E-state index contributed by atoms with van der Waals surface area (Å²) in [6, 6.07) is 6.46. The molecule has 1 aromatic carbocycles. The molecule has 0 spiro atoms. The van der Waals surface area contributed by atoms with E-state index in [-0.39, 0.29) is 28.6 Å². The van der Waals surface area contributed by atoms with Crippen LogP contribution in [0.4, 0.5) is 18.9 Å². The van der Waals surface area contributed by atoms with E-state index in [1.807, 2.05) is 0 Å². The molecule has 2 rings (SSSR count). The molecule has 0 fully saturated rings. The zero-order valence-electron chi connectivity index (χ0n) is 14.5. The molecular formula is C16H15F3N4O5. The molecule has 2 aromatic rings. The molecule has 0 aliphatic carbocycles. The van der Waals surface area contributed by atoms with Gasteiger partial charge in [-0.1, -0.05) is 6.07 Å². The third-order valence-electron chi connectivity index (χ3n) is 3.40. The van der Waals surface area contributed by atoms with Crippen LogP contribution in [0.15, 0.2) is 36.5 Å². The number of rotatable bonds is 7. The van der Waals surface area contributed by atoms with E-state index in [1.54, 1.807) is 0 Å². The van der Waals surface area contributed by atoms with Gasteiger partial charge in [-0.05, 0) is 19.1 Å². The van der Waals surface area contributed by atoms with E-state index in [0.29, 0.717) is 0 Å². The highest BCUT2D eigenvalue weighted by Gasteiger charge is 2.35. The molecule has 0 N–H and O–H groups in total. The van der Waals surface area contributed by atoms with Gasteiger partial charge in [-0.2, -0.15) is 18.3 Å². The molecule has 0 unspecified atom stereocenters. The Hall–Kier alpha value is -3.44. The van der Waals surface area contributed by atoms with Crippen molar-refractivity contribution in [3.63, 3.8) is 0 Å². The standard InChI is InChI=1S/C16H15F3N4O5/c1-2-28-14(24)9-21(10-16(17,18)19)15(25)13-6-7-22(20-13)11-4-3-5-12(8-11)23(26)27/h3-8H,2,9-10H2,1H3. The number of carbonyl (C=O) groups excluding carboxylic acids is 2. The Balaban J connectivity index is 2.26. The van der Waals surface area contributed by atoms with Crippen LogP contribution in [0.25, 0.3) is 5.69 Å². The van der Waals surface area contributed by atoms with Crippen LogP contribution in [0.5, 0.6) is 0 Å². The van der Waals surface area contributed by atoms with Gasteiger partial charge < -0.3 is 9.64 Å². The van der Waals surface area contributed by atoms with Gasteiger partial charge >= 0.3 is 12.1 Å². The summed E-state index contributed by atoms with van der Waals surface area (Å²) in [6.07, 6.45) is -3.47. The van der Waals surface area contributed by atoms with E-state index in [1.165, 1.54) is 37.4 Å². The number of nitro groups is 1. The molecule has 0 saturated carbocycles. The van der Waals surface area contributed by atoms with Crippen molar-refractivity contribution in [3.8, 4) is 5.69 Å². The summed E-state index contributed by atoms with van der Waals surface area (Å²) in [5.41, 5.74) is -0.344. The highest BCUT2D eigenvalue weighted by molar-refractivity contribution is 5.94. The van der Waals surface area contributed by atoms with Crippen molar-refractivity contribution in [3.05, 3.63) is 52.3 Å². The molecular weight excluding hydrogens is 385 g/mol. The fourth-order valence-electron chi connectivity index (χ4n) is 2.27. The van der Waals surface area contributed by atoms with Gasteiger partial charge in [0.05, 0.1) is 17.2 Å². The third kappa shape index (κ3) is 5.53. The summed E-state index contributed by atoms with van der Waals surface area (Å²) in [4.78, 5) is 34.4. The van der Waals surface area contributed by atoms with Crippen LogP contribution < -0.4 is 0 Å². The van der Waals surface area contributed by atoms with Crippen LogP contribution in [0.2, 0.25) is 0 Å². The summed E-state index contributed by atoms with van der Waals surface area (Å²) in [7, 11) is 0. The smallest absolute Gasteiger partial charge is 0.406 e. The van der Waals surface area contributed by atoms with Crippen molar-refractivity contribution >= 4 is 17.6 Å². The zero-order valence-corrected chi connectivity index (χ0v) is 14.5. The van der Waals surface area contributed by atoms with Gasteiger partial charge in [0.1, 0.15) is 13.1 Å². The minimum Gasteiger partial charge on any atom is -0.465 e. The molecule has 150 valence electrons. The first-order valence-corrected chi connectivity index (χ1v) is 7.93. The fraction of sp³-hybridized carbons (Fsp3) is 0.312. The number of ether oxygens (including phenoxy) is 1. The average Bonchev–Trinajstić information content (AvgIpc) is 3.09. The van der Waals surface area contributed by atoms with Crippen molar-refractivity contribution < 1.29 is 32.4 Å². The van der Waals surface area contributed by atoms with E-state index < -0.39 is 36.1 Å². The molecule has 1 aromatic heterocycles. The molecule has 28 heavy (non-hydrogen) atoms. The molecule has 0 aliphatic rings. The number of carbonyl (C=O) groups is 2. The van der Waals surface area contributed by atoms with Crippen molar-refractivity contribution in [2.24, 2.45) is 0 Å². The Morgan fingerprint density at radius 1 is 1.32 bits per heavy atom. The second-order valence-corrected chi connectivity index (χ2v) is 5.50. The normalized spacial score (nSPS) is 11.1. The van der Waals surface area contributed by atoms with Gasteiger partial charge in [-0.25, -0.2) is 4.68 Å². The van der Waals surface area contributed by atoms with Crippen LogP contribution in [0.1, 0.15) is 17.4 Å². The first-order chi connectivity index (χ1) is 13.1. The topological polar surface area (TPSA) is 108 Å². The Bertz CT molecular complexity index is 881. The molecule has 9 nitrogen and oxygen atoms in total. The van der Waals surface area contributed by atoms with Crippen molar-refractivity contribution in [1.82, 2.24) is 14.7 Å². The SMILES string of the molecule is CCOC(=O)CN(CC(F)(F)F)C(=O)c1ccn(-c2cccc([N+](=O)[O-])c2)n1. The summed E-state index contributed by atoms with van der Waals surface area (Å²) < 4.78 is 44.0. The Morgan fingerprint density at radius 2 is 2.04 bits per heavy atom. The van der Waals surface area contributed by atoms with Crippen LogP contribution >= 0.6 is 0 Å². The minimum absolute atomic E-state index is 0.0473. The van der Waals surface area contributed by atoms with E-state index in [9.17, 15) is 32.9 Å². The van der Waals surface area contributed by atoms with Gasteiger partial charge in [0.2, 0.25) is 0 Å². The molecule has 0 atom stereocenters. The number of benzene rings is 1. The largest absolute Gasteiger partial charge is 0.465 e. The number of halogens is 3. The first-order valence-electron chi connectivity index (χ1n) is 7.93. The highest BCUT2D eigenvalue weighted by atomic mass is 19.4. The number of nitrogens with zero attached hydrogens (tertiary/aromatic N) is 4. The quantitative estimate of drug-likeness (QED) is 0.401. The van der Waals surface area contributed by atoms with Gasteiger partial charge in [0, 0.05) is 18.3 Å². The number of hydrogen-bond donors (Lipinski definition) is 0. The molecule has 0 bridgehead atoms. The zero-order chi connectivity index (χ0) is 20.9.